The van der Waals surface area contributed by atoms with Gasteiger partial charge in [0.25, 0.3) is 0 Å². The van der Waals surface area contributed by atoms with Crippen LogP contribution in [0.25, 0.3) is 0 Å². The molecule has 3 amide bonds. The molecule has 1 aromatic rings. The minimum Gasteiger partial charge on any atom is -0.508 e. The molecular formula is C27H44N4O6. The Morgan fingerprint density at radius 3 is 1.84 bits per heavy atom. The van der Waals surface area contributed by atoms with Crippen molar-refractivity contribution in [1.82, 2.24) is 16.0 Å². The summed E-state index contributed by atoms with van der Waals surface area (Å²) < 4.78 is 0. The number of phenolic OH excluding ortho intramolecular Hbond substituents is 1. The molecule has 0 aromatic heterocycles. The highest BCUT2D eigenvalue weighted by atomic mass is 16.4. The Morgan fingerprint density at radius 2 is 1.35 bits per heavy atom. The van der Waals surface area contributed by atoms with E-state index in [2.05, 4.69) is 16.0 Å². The summed E-state index contributed by atoms with van der Waals surface area (Å²) in [6.45, 7) is 11.4. The molecule has 0 radical (unpaired) electrons. The quantitative estimate of drug-likeness (QED) is 0.205. The van der Waals surface area contributed by atoms with E-state index in [0.717, 1.165) is 0 Å². The molecule has 5 unspecified atom stereocenters. The van der Waals surface area contributed by atoms with Crippen molar-refractivity contribution in [2.45, 2.75) is 91.4 Å². The van der Waals surface area contributed by atoms with E-state index in [4.69, 9.17) is 5.73 Å². The Kier molecular flexibility index (Phi) is 13.1. The molecule has 0 heterocycles. The van der Waals surface area contributed by atoms with Gasteiger partial charge in [0.15, 0.2) is 0 Å². The fraction of sp³-hybridized carbons (Fsp3) is 0.630. The highest BCUT2D eigenvalue weighted by Gasteiger charge is 2.33. The molecule has 1 aromatic carbocycles. The number of carbonyl (C=O) groups excluding carboxylic acids is 3. The predicted octanol–water partition coefficient (Wildman–Crippen LogP) is 1.94. The number of carboxylic acid groups (broad SMARTS) is 1. The molecule has 10 nitrogen and oxygen atoms in total. The molecule has 0 aliphatic rings. The van der Waals surface area contributed by atoms with Crippen LogP contribution in [0.4, 0.5) is 0 Å². The average Bonchev–Trinajstić information content (AvgIpc) is 2.81. The maximum atomic E-state index is 13.3. The van der Waals surface area contributed by atoms with Gasteiger partial charge in [-0.3, -0.25) is 14.4 Å². The van der Waals surface area contributed by atoms with Crippen molar-refractivity contribution in [2.24, 2.45) is 23.5 Å². The van der Waals surface area contributed by atoms with E-state index >= 15 is 0 Å². The van der Waals surface area contributed by atoms with Gasteiger partial charge >= 0.3 is 5.97 Å². The fourth-order valence-corrected chi connectivity index (χ4v) is 3.88. The number of benzene rings is 1. The third-order valence-corrected chi connectivity index (χ3v) is 6.19. The van der Waals surface area contributed by atoms with Crippen LogP contribution in [0, 0.1) is 17.8 Å². The summed E-state index contributed by atoms with van der Waals surface area (Å²) in [5.74, 6) is -2.75. The van der Waals surface area contributed by atoms with Crippen LogP contribution in [0.2, 0.25) is 0 Å². The van der Waals surface area contributed by atoms with Gasteiger partial charge < -0.3 is 31.9 Å². The van der Waals surface area contributed by atoms with E-state index in [-0.39, 0.29) is 36.3 Å². The largest absolute Gasteiger partial charge is 0.508 e. The molecule has 0 fully saturated rings. The van der Waals surface area contributed by atoms with Crippen LogP contribution < -0.4 is 21.7 Å². The third kappa shape index (κ3) is 11.2. The molecule has 0 saturated heterocycles. The monoisotopic (exact) mass is 520 g/mol. The Hall–Kier alpha value is -3.14. The van der Waals surface area contributed by atoms with Crippen LogP contribution in [0.15, 0.2) is 24.3 Å². The summed E-state index contributed by atoms with van der Waals surface area (Å²) in [4.78, 5) is 50.9. The summed E-state index contributed by atoms with van der Waals surface area (Å²) in [6, 6.07) is 2.14. The van der Waals surface area contributed by atoms with Crippen molar-refractivity contribution in [3.8, 4) is 5.75 Å². The Labute approximate surface area is 219 Å². The van der Waals surface area contributed by atoms with Gasteiger partial charge in [-0.1, -0.05) is 60.1 Å². The van der Waals surface area contributed by atoms with Gasteiger partial charge in [0.05, 0.1) is 6.04 Å². The number of carboxylic acids is 1. The fourth-order valence-electron chi connectivity index (χ4n) is 3.88. The highest BCUT2D eigenvalue weighted by Crippen LogP contribution is 2.14. The number of aliphatic carboxylic acids is 1. The lowest BCUT2D eigenvalue weighted by Crippen LogP contribution is -2.59. The molecule has 208 valence electrons. The molecule has 0 aliphatic carbocycles. The van der Waals surface area contributed by atoms with Crippen LogP contribution in [0.5, 0.6) is 5.75 Å². The average molecular weight is 521 g/mol. The molecule has 10 heteroatoms. The Balaban J connectivity index is 3.03. The molecule has 5 atom stereocenters. The molecule has 0 bridgehead atoms. The normalized spacial score (nSPS) is 15.4. The van der Waals surface area contributed by atoms with E-state index in [1.165, 1.54) is 12.1 Å². The van der Waals surface area contributed by atoms with Gasteiger partial charge in [-0.15, -0.1) is 0 Å². The molecule has 37 heavy (non-hydrogen) atoms. The van der Waals surface area contributed by atoms with E-state index in [0.29, 0.717) is 18.4 Å². The van der Waals surface area contributed by atoms with Crippen LogP contribution >= 0.6 is 0 Å². The topological polar surface area (TPSA) is 171 Å². The lowest BCUT2D eigenvalue weighted by atomic mass is 9.95. The number of nitrogens with one attached hydrogen (secondary N) is 3. The minimum atomic E-state index is -1.23. The molecule has 0 saturated carbocycles. The minimum absolute atomic E-state index is 0.00297. The number of phenols is 1. The Morgan fingerprint density at radius 1 is 0.811 bits per heavy atom. The molecule has 0 spiro atoms. The summed E-state index contributed by atoms with van der Waals surface area (Å²) in [7, 11) is 0. The lowest BCUT2D eigenvalue weighted by molar-refractivity contribution is -0.142. The second-order valence-electron chi connectivity index (χ2n) is 10.6. The third-order valence-electron chi connectivity index (χ3n) is 6.19. The van der Waals surface area contributed by atoms with Crippen molar-refractivity contribution < 1.29 is 29.4 Å². The standard InChI is InChI=1S/C27H44N4O6/c1-7-17(6)23(31-24(33)20(28)12-15(2)3)26(35)29-21(13-16(4)5)25(34)30-22(27(36)37)14-18-8-10-19(32)11-9-18/h8-11,15-17,20-23,32H,7,12-14,28H2,1-6H3,(H,29,35)(H,30,34)(H,31,33)(H,36,37). The van der Waals surface area contributed by atoms with Crippen molar-refractivity contribution in [3.05, 3.63) is 29.8 Å². The first-order valence-corrected chi connectivity index (χ1v) is 12.9. The van der Waals surface area contributed by atoms with Gasteiger partial charge in [-0.2, -0.15) is 0 Å². The number of carbonyl (C=O) groups is 4. The van der Waals surface area contributed by atoms with E-state index < -0.39 is 47.9 Å². The number of nitrogens with two attached hydrogens (primary N) is 1. The van der Waals surface area contributed by atoms with Crippen molar-refractivity contribution in [2.75, 3.05) is 0 Å². The lowest BCUT2D eigenvalue weighted by Gasteiger charge is -2.28. The predicted molar refractivity (Wildman–Crippen MR) is 142 cm³/mol. The first kappa shape index (κ1) is 31.9. The summed E-state index contributed by atoms with van der Waals surface area (Å²) in [5.41, 5.74) is 6.62. The zero-order valence-electron chi connectivity index (χ0n) is 22.8. The number of amides is 3. The molecule has 7 N–H and O–H groups in total. The van der Waals surface area contributed by atoms with E-state index in [9.17, 15) is 29.4 Å². The van der Waals surface area contributed by atoms with E-state index in [1.54, 1.807) is 12.1 Å². The number of hydrogen-bond donors (Lipinski definition) is 6. The molecular weight excluding hydrogens is 476 g/mol. The summed E-state index contributed by atoms with van der Waals surface area (Å²) >= 11 is 0. The number of hydrogen-bond acceptors (Lipinski definition) is 6. The van der Waals surface area contributed by atoms with Gasteiger partial charge in [-0.05, 0) is 48.3 Å². The van der Waals surface area contributed by atoms with Crippen LogP contribution in [-0.2, 0) is 25.6 Å². The second-order valence-corrected chi connectivity index (χ2v) is 10.6. The Bertz CT molecular complexity index is 903. The SMILES string of the molecule is CCC(C)C(NC(=O)C(N)CC(C)C)C(=O)NC(CC(C)C)C(=O)NC(Cc1ccc(O)cc1)C(=O)O. The van der Waals surface area contributed by atoms with Crippen LogP contribution in [0.1, 0.15) is 66.4 Å². The maximum absolute atomic E-state index is 13.3. The van der Waals surface area contributed by atoms with Gasteiger partial charge in [0.2, 0.25) is 17.7 Å². The summed E-state index contributed by atoms with van der Waals surface area (Å²) in [6.07, 6.45) is 1.35. The smallest absolute Gasteiger partial charge is 0.326 e. The molecule has 0 aliphatic heterocycles. The summed E-state index contributed by atoms with van der Waals surface area (Å²) in [5, 5.41) is 27.1. The molecule has 1 rings (SSSR count). The van der Waals surface area contributed by atoms with Crippen molar-refractivity contribution >= 4 is 23.7 Å². The van der Waals surface area contributed by atoms with Crippen molar-refractivity contribution in [1.29, 1.82) is 0 Å². The highest BCUT2D eigenvalue weighted by molar-refractivity contribution is 5.94. The number of aromatic hydroxyl groups is 1. The van der Waals surface area contributed by atoms with Gasteiger partial charge in [-0.25, -0.2) is 4.79 Å². The van der Waals surface area contributed by atoms with Crippen molar-refractivity contribution in [3.63, 3.8) is 0 Å². The number of rotatable bonds is 15. The second kappa shape index (κ2) is 15.2. The van der Waals surface area contributed by atoms with Gasteiger partial charge in [0.1, 0.15) is 23.9 Å². The van der Waals surface area contributed by atoms with Crippen LogP contribution in [0.3, 0.4) is 0 Å². The zero-order chi connectivity index (χ0) is 28.3. The van der Waals surface area contributed by atoms with Gasteiger partial charge in [0, 0.05) is 6.42 Å². The van der Waals surface area contributed by atoms with Crippen LogP contribution in [-0.4, -0.2) is 58.1 Å². The zero-order valence-corrected chi connectivity index (χ0v) is 22.8. The first-order chi connectivity index (χ1) is 17.2. The first-order valence-electron chi connectivity index (χ1n) is 12.9. The maximum Gasteiger partial charge on any atom is 0.326 e. The van der Waals surface area contributed by atoms with E-state index in [1.807, 2.05) is 41.5 Å².